The Morgan fingerprint density at radius 1 is 1.78 bits per heavy atom. The molecule has 1 aliphatic heterocycles. The predicted molar refractivity (Wildman–Crippen MR) is 68.7 cm³/mol. The van der Waals surface area contributed by atoms with Crippen molar-refractivity contribution in [1.29, 1.82) is 0 Å². The summed E-state index contributed by atoms with van der Waals surface area (Å²) in [5.41, 5.74) is 0.441. The van der Waals surface area contributed by atoms with Crippen molar-refractivity contribution in [3.8, 4) is 0 Å². The lowest BCUT2D eigenvalue weighted by atomic mass is 10.2. The molecule has 2 N–H and O–H groups in total. The molecule has 2 unspecified atom stereocenters. The van der Waals surface area contributed by atoms with E-state index in [9.17, 15) is 4.79 Å². The van der Waals surface area contributed by atoms with E-state index in [1.54, 1.807) is 12.3 Å². The first kappa shape index (κ1) is 13.5. The third-order valence-electron chi connectivity index (χ3n) is 2.81. The number of aliphatic hydroxyl groups is 1. The van der Waals surface area contributed by atoms with Crippen LogP contribution in [-0.2, 0) is 4.74 Å². The Morgan fingerprint density at radius 2 is 2.61 bits per heavy atom. The lowest BCUT2D eigenvalue weighted by molar-refractivity contribution is 0.0938. The molecule has 1 fully saturated rings. The van der Waals surface area contributed by atoms with E-state index in [2.05, 4.69) is 10.3 Å². The second kappa shape index (κ2) is 6.26. The molecule has 0 bridgehead atoms. The monoisotopic (exact) mass is 270 g/mol. The number of thiazole rings is 1. The van der Waals surface area contributed by atoms with Crippen LogP contribution in [-0.4, -0.2) is 35.3 Å². The first-order chi connectivity index (χ1) is 8.66. The molecule has 2 atom stereocenters. The van der Waals surface area contributed by atoms with E-state index in [-0.39, 0.29) is 12.0 Å². The van der Waals surface area contributed by atoms with Crippen molar-refractivity contribution in [2.24, 2.45) is 0 Å². The van der Waals surface area contributed by atoms with Gasteiger partial charge in [-0.05, 0) is 26.2 Å². The molecule has 1 aliphatic rings. The Labute approximate surface area is 110 Å². The Kier molecular flexibility index (Phi) is 4.68. The summed E-state index contributed by atoms with van der Waals surface area (Å²) in [7, 11) is 0. The fraction of sp³-hybridized carbons (Fsp3) is 0.667. The van der Waals surface area contributed by atoms with E-state index in [1.807, 2.05) is 0 Å². The van der Waals surface area contributed by atoms with E-state index in [0.29, 0.717) is 18.7 Å². The van der Waals surface area contributed by atoms with Crippen molar-refractivity contribution in [1.82, 2.24) is 10.3 Å². The number of aliphatic hydroxyl groups excluding tert-OH is 1. The zero-order valence-electron chi connectivity index (χ0n) is 10.4. The number of nitrogens with one attached hydrogen (secondary N) is 1. The van der Waals surface area contributed by atoms with Gasteiger partial charge in [-0.25, -0.2) is 4.98 Å². The largest absolute Gasteiger partial charge is 0.393 e. The first-order valence-electron chi connectivity index (χ1n) is 6.20. The number of carbonyl (C=O) groups is 1. The molecular weight excluding hydrogens is 252 g/mol. The van der Waals surface area contributed by atoms with Crippen molar-refractivity contribution < 1.29 is 14.6 Å². The molecule has 0 radical (unpaired) electrons. The van der Waals surface area contributed by atoms with Gasteiger partial charge in [0.15, 0.2) is 0 Å². The van der Waals surface area contributed by atoms with Crippen LogP contribution < -0.4 is 5.32 Å². The van der Waals surface area contributed by atoms with Gasteiger partial charge in [0.1, 0.15) is 16.8 Å². The quantitative estimate of drug-likeness (QED) is 0.850. The van der Waals surface area contributed by atoms with Gasteiger partial charge in [-0.2, -0.15) is 0 Å². The standard InChI is InChI=1S/C12H18N2O3S/c1-8(15)4-5-13-11(16)9-7-18-12(14-9)10-3-2-6-17-10/h7-8,10,15H,2-6H2,1H3,(H,13,16). The zero-order chi connectivity index (χ0) is 13.0. The normalized spacial score (nSPS) is 20.9. The maximum atomic E-state index is 11.8. The number of rotatable bonds is 5. The van der Waals surface area contributed by atoms with Gasteiger partial charge in [-0.15, -0.1) is 11.3 Å². The maximum Gasteiger partial charge on any atom is 0.270 e. The summed E-state index contributed by atoms with van der Waals surface area (Å²) < 4.78 is 5.53. The molecule has 1 aromatic heterocycles. The first-order valence-corrected chi connectivity index (χ1v) is 7.08. The lowest BCUT2D eigenvalue weighted by Crippen LogP contribution is -2.26. The highest BCUT2D eigenvalue weighted by molar-refractivity contribution is 7.09. The highest BCUT2D eigenvalue weighted by atomic mass is 32.1. The number of hydrogen-bond donors (Lipinski definition) is 2. The molecule has 0 spiro atoms. The molecule has 0 aliphatic carbocycles. The lowest BCUT2D eigenvalue weighted by Gasteiger charge is -2.05. The summed E-state index contributed by atoms with van der Waals surface area (Å²) in [6.07, 6.45) is 2.25. The second-order valence-electron chi connectivity index (χ2n) is 4.47. The van der Waals surface area contributed by atoms with E-state index in [4.69, 9.17) is 9.84 Å². The van der Waals surface area contributed by atoms with Crippen LogP contribution in [0.4, 0.5) is 0 Å². The molecule has 18 heavy (non-hydrogen) atoms. The van der Waals surface area contributed by atoms with Gasteiger partial charge < -0.3 is 15.2 Å². The molecule has 100 valence electrons. The number of aromatic nitrogens is 1. The number of nitrogens with zero attached hydrogens (tertiary/aromatic N) is 1. The van der Waals surface area contributed by atoms with Crippen molar-refractivity contribution in [3.63, 3.8) is 0 Å². The average Bonchev–Trinajstić information content (AvgIpc) is 2.99. The topological polar surface area (TPSA) is 71.5 Å². The summed E-state index contributed by atoms with van der Waals surface area (Å²) in [5.74, 6) is -0.184. The van der Waals surface area contributed by atoms with Crippen molar-refractivity contribution in [2.75, 3.05) is 13.2 Å². The van der Waals surface area contributed by atoms with Crippen molar-refractivity contribution >= 4 is 17.2 Å². The van der Waals surface area contributed by atoms with E-state index < -0.39 is 6.10 Å². The van der Waals surface area contributed by atoms with E-state index >= 15 is 0 Å². The number of carbonyl (C=O) groups excluding carboxylic acids is 1. The summed E-state index contributed by atoms with van der Waals surface area (Å²) in [5, 5.41) is 14.5. The van der Waals surface area contributed by atoms with Crippen molar-refractivity contribution in [2.45, 2.75) is 38.4 Å². The van der Waals surface area contributed by atoms with Gasteiger partial charge in [0.05, 0.1) is 6.10 Å². The second-order valence-corrected chi connectivity index (χ2v) is 5.36. The average molecular weight is 270 g/mol. The van der Waals surface area contributed by atoms with Crippen LogP contribution in [0.3, 0.4) is 0 Å². The summed E-state index contributed by atoms with van der Waals surface area (Å²) in [4.78, 5) is 16.1. The summed E-state index contributed by atoms with van der Waals surface area (Å²) in [6, 6.07) is 0. The molecule has 0 saturated carbocycles. The number of amides is 1. The molecule has 1 amide bonds. The van der Waals surface area contributed by atoms with Crippen LogP contribution in [0.5, 0.6) is 0 Å². The zero-order valence-corrected chi connectivity index (χ0v) is 11.2. The highest BCUT2D eigenvalue weighted by Crippen LogP contribution is 2.30. The van der Waals surface area contributed by atoms with Crippen LogP contribution in [0.2, 0.25) is 0 Å². The summed E-state index contributed by atoms with van der Waals surface area (Å²) >= 11 is 1.47. The molecule has 5 nitrogen and oxygen atoms in total. The Bertz CT molecular complexity index is 400. The van der Waals surface area contributed by atoms with Gasteiger partial charge >= 0.3 is 0 Å². The predicted octanol–water partition coefficient (Wildman–Crippen LogP) is 1.50. The third kappa shape index (κ3) is 3.51. The molecule has 1 saturated heterocycles. The smallest absolute Gasteiger partial charge is 0.270 e. The fourth-order valence-corrected chi connectivity index (χ4v) is 2.68. The molecular formula is C12H18N2O3S. The van der Waals surface area contributed by atoms with E-state index in [0.717, 1.165) is 24.5 Å². The van der Waals surface area contributed by atoms with Gasteiger partial charge in [0.2, 0.25) is 0 Å². The number of ether oxygens (including phenoxy) is 1. The third-order valence-corrected chi connectivity index (χ3v) is 3.74. The van der Waals surface area contributed by atoms with E-state index in [1.165, 1.54) is 11.3 Å². The van der Waals surface area contributed by atoms with Gasteiger partial charge in [0.25, 0.3) is 5.91 Å². The molecule has 2 heterocycles. The van der Waals surface area contributed by atoms with Crippen LogP contribution in [0.25, 0.3) is 0 Å². The Morgan fingerprint density at radius 3 is 3.28 bits per heavy atom. The fourth-order valence-electron chi connectivity index (χ4n) is 1.80. The minimum atomic E-state index is -0.400. The molecule has 0 aromatic carbocycles. The maximum absolute atomic E-state index is 11.8. The highest BCUT2D eigenvalue weighted by Gasteiger charge is 2.22. The molecule has 2 rings (SSSR count). The minimum absolute atomic E-state index is 0.0639. The molecule has 6 heteroatoms. The Hall–Kier alpha value is -0.980. The van der Waals surface area contributed by atoms with Crippen molar-refractivity contribution in [3.05, 3.63) is 16.1 Å². The van der Waals surface area contributed by atoms with Gasteiger partial charge in [-0.3, -0.25) is 4.79 Å². The Balaban J connectivity index is 1.86. The summed E-state index contributed by atoms with van der Waals surface area (Å²) in [6.45, 7) is 2.94. The molecule has 1 aromatic rings. The SMILES string of the molecule is CC(O)CCNC(=O)c1csc(C2CCCO2)n1. The van der Waals surface area contributed by atoms with Crippen LogP contribution >= 0.6 is 11.3 Å². The number of hydrogen-bond acceptors (Lipinski definition) is 5. The van der Waals surface area contributed by atoms with Crippen LogP contribution in [0.1, 0.15) is 47.8 Å². The van der Waals surface area contributed by atoms with Gasteiger partial charge in [0, 0.05) is 18.5 Å². The minimum Gasteiger partial charge on any atom is -0.393 e. The van der Waals surface area contributed by atoms with Crippen LogP contribution in [0, 0.1) is 0 Å². The van der Waals surface area contributed by atoms with Gasteiger partial charge in [-0.1, -0.05) is 0 Å². The van der Waals surface area contributed by atoms with Crippen LogP contribution in [0.15, 0.2) is 5.38 Å².